The first-order valence-electron chi connectivity index (χ1n) is 4.91. The SMILES string of the molecule is O=C(O)c1cc(F)ccc1-c1ccccc1O. The van der Waals surface area contributed by atoms with Crippen LogP contribution in [0.15, 0.2) is 42.5 Å². The van der Waals surface area contributed by atoms with Gasteiger partial charge in [0, 0.05) is 11.1 Å². The van der Waals surface area contributed by atoms with Gasteiger partial charge in [0.2, 0.25) is 0 Å². The molecule has 2 aromatic carbocycles. The predicted molar refractivity (Wildman–Crippen MR) is 60.5 cm³/mol. The van der Waals surface area contributed by atoms with Gasteiger partial charge < -0.3 is 10.2 Å². The smallest absolute Gasteiger partial charge is 0.336 e. The molecular weight excluding hydrogens is 223 g/mol. The average Bonchev–Trinajstić information content (AvgIpc) is 2.30. The van der Waals surface area contributed by atoms with Gasteiger partial charge in [-0.2, -0.15) is 0 Å². The molecule has 2 N–H and O–H groups in total. The molecule has 3 nitrogen and oxygen atoms in total. The Hall–Kier alpha value is -2.36. The van der Waals surface area contributed by atoms with Crippen LogP contribution in [0.2, 0.25) is 0 Å². The lowest BCUT2D eigenvalue weighted by atomic mass is 9.99. The third kappa shape index (κ3) is 2.10. The minimum atomic E-state index is -1.23. The Kier molecular flexibility index (Phi) is 2.78. The molecule has 0 heterocycles. The molecule has 0 radical (unpaired) electrons. The highest BCUT2D eigenvalue weighted by molar-refractivity contribution is 5.96. The Morgan fingerprint density at radius 2 is 1.76 bits per heavy atom. The van der Waals surface area contributed by atoms with Crippen LogP contribution >= 0.6 is 0 Å². The van der Waals surface area contributed by atoms with E-state index in [-0.39, 0.29) is 16.9 Å². The molecule has 4 heteroatoms. The number of aromatic carboxylic acids is 1. The van der Waals surface area contributed by atoms with E-state index in [1.807, 2.05) is 0 Å². The van der Waals surface area contributed by atoms with E-state index in [4.69, 9.17) is 5.11 Å². The van der Waals surface area contributed by atoms with Crippen LogP contribution < -0.4 is 0 Å². The lowest BCUT2D eigenvalue weighted by Gasteiger charge is -2.08. The number of benzene rings is 2. The standard InChI is InChI=1S/C13H9FO3/c14-8-5-6-9(11(7-8)13(16)17)10-3-1-2-4-12(10)15/h1-7,15H,(H,16,17). The van der Waals surface area contributed by atoms with Crippen LogP contribution in [-0.2, 0) is 0 Å². The van der Waals surface area contributed by atoms with Gasteiger partial charge in [0.15, 0.2) is 0 Å². The third-order valence-corrected chi connectivity index (χ3v) is 2.41. The number of rotatable bonds is 2. The maximum Gasteiger partial charge on any atom is 0.336 e. The number of aromatic hydroxyl groups is 1. The van der Waals surface area contributed by atoms with E-state index in [0.29, 0.717) is 5.56 Å². The normalized spacial score (nSPS) is 10.2. The van der Waals surface area contributed by atoms with E-state index in [9.17, 15) is 14.3 Å². The highest BCUT2D eigenvalue weighted by Gasteiger charge is 2.14. The zero-order valence-electron chi connectivity index (χ0n) is 8.72. The van der Waals surface area contributed by atoms with Crippen molar-refractivity contribution in [2.45, 2.75) is 0 Å². The maximum absolute atomic E-state index is 13.0. The van der Waals surface area contributed by atoms with Crippen LogP contribution in [0.4, 0.5) is 4.39 Å². The zero-order chi connectivity index (χ0) is 12.4. The van der Waals surface area contributed by atoms with E-state index in [1.54, 1.807) is 18.2 Å². The minimum Gasteiger partial charge on any atom is -0.507 e. The van der Waals surface area contributed by atoms with Gasteiger partial charge in [-0.3, -0.25) is 0 Å². The summed E-state index contributed by atoms with van der Waals surface area (Å²) in [6, 6.07) is 9.76. The summed E-state index contributed by atoms with van der Waals surface area (Å²) in [6.45, 7) is 0. The van der Waals surface area contributed by atoms with E-state index in [2.05, 4.69) is 0 Å². The molecule has 0 aliphatic rings. The number of hydrogen-bond acceptors (Lipinski definition) is 2. The number of phenolic OH excluding ortho intramolecular Hbond substituents is 1. The second-order valence-electron chi connectivity index (χ2n) is 3.51. The third-order valence-electron chi connectivity index (χ3n) is 2.41. The van der Waals surface area contributed by atoms with Crippen molar-refractivity contribution in [1.29, 1.82) is 0 Å². The first-order chi connectivity index (χ1) is 8.09. The van der Waals surface area contributed by atoms with Crippen LogP contribution in [0.1, 0.15) is 10.4 Å². The molecule has 0 bridgehead atoms. The number of phenols is 1. The highest BCUT2D eigenvalue weighted by Crippen LogP contribution is 2.31. The summed E-state index contributed by atoms with van der Waals surface area (Å²) in [5.41, 5.74) is 0.480. The van der Waals surface area contributed by atoms with E-state index in [1.165, 1.54) is 12.1 Å². The molecule has 0 atom stereocenters. The van der Waals surface area contributed by atoms with Crippen molar-refractivity contribution in [3.05, 3.63) is 53.8 Å². The Bertz CT molecular complexity index is 579. The molecule has 0 aromatic heterocycles. The van der Waals surface area contributed by atoms with Crippen LogP contribution in [0.3, 0.4) is 0 Å². The second-order valence-corrected chi connectivity index (χ2v) is 3.51. The van der Waals surface area contributed by atoms with E-state index >= 15 is 0 Å². The van der Waals surface area contributed by atoms with Crippen LogP contribution in [0.25, 0.3) is 11.1 Å². The molecule has 0 fully saturated rings. The van der Waals surface area contributed by atoms with Crippen molar-refractivity contribution >= 4 is 5.97 Å². The number of para-hydroxylation sites is 1. The average molecular weight is 232 g/mol. The molecule has 86 valence electrons. The molecular formula is C13H9FO3. The summed E-state index contributed by atoms with van der Waals surface area (Å²) in [4.78, 5) is 11.0. The molecule has 0 saturated carbocycles. The fourth-order valence-corrected chi connectivity index (χ4v) is 1.63. The van der Waals surface area contributed by atoms with Crippen molar-refractivity contribution in [3.8, 4) is 16.9 Å². The van der Waals surface area contributed by atoms with Crippen molar-refractivity contribution < 1.29 is 19.4 Å². The van der Waals surface area contributed by atoms with Crippen molar-refractivity contribution in [3.63, 3.8) is 0 Å². The van der Waals surface area contributed by atoms with Crippen LogP contribution in [0, 0.1) is 5.82 Å². The molecule has 2 aromatic rings. The number of carboxylic acids is 1. The molecule has 0 saturated heterocycles. The van der Waals surface area contributed by atoms with Gasteiger partial charge in [0.25, 0.3) is 0 Å². The van der Waals surface area contributed by atoms with Crippen LogP contribution in [-0.4, -0.2) is 16.2 Å². The number of carbonyl (C=O) groups is 1. The van der Waals surface area contributed by atoms with Gasteiger partial charge in [-0.1, -0.05) is 24.3 Å². The Morgan fingerprint density at radius 1 is 1.06 bits per heavy atom. The summed E-state index contributed by atoms with van der Waals surface area (Å²) in [5.74, 6) is -1.90. The molecule has 0 aliphatic heterocycles. The molecule has 0 aliphatic carbocycles. The molecule has 17 heavy (non-hydrogen) atoms. The van der Waals surface area contributed by atoms with Gasteiger partial charge in [-0.05, 0) is 18.2 Å². The molecule has 0 unspecified atom stereocenters. The Labute approximate surface area is 96.8 Å². The number of carboxylic acid groups (broad SMARTS) is 1. The van der Waals surface area contributed by atoms with Gasteiger partial charge >= 0.3 is 5.97 Å². The highest BCUT2D eigenvalue weighted by atomic mass is 19.1. The fourth-order valence-electron chi connectivity index (χ4n) is 1.63. The first-order valence-corrected chi connectivity index (χ1v) is 4.91. The zero-order valence-corrected chi connectivity index (χ0v) is 8.72. The van der Waals surface area contributed by atoms with Gasteiger partial charge in [-0.25, -0.2) is 9.18 Å². The largest absolute Gasteiger partial charge is 0.507 e. The van der Waals surface area contributed by atoms with Crippen LogP contribution in [0.5, 0.6) is 5.75 Å². The van der Waals surface area contributed by atoms with E-state index < -0.39 is 11.8 Å². The monoisotopic (exact) mass is 232 g/mol. The summed E-state index contributed by atoms with van der Waals surface area (Å²) in [6.07, 6.45) is 0. The lowest BCUT2D eigenvalue weighted by Crippen LogP contribution is -2.00. The summed E-state index contributed by atoms with van der Waals surface area (Å²) in [5, 5.41) is 18.6. The summed E-state index contributed by atoms with van der Waals surface area (Å²) in [7, 11) is 0. The van der Waals surface area contributed by atoms with Crippen molar-refractivity contribution in [2.75, 3.05) is 0 Å². The van der Waals surface area contributed by atoms with E-state index in [0.717, 1.165) is 12.1 Å². The number of halogens is 1. The quantitative estimate of drug-likeness (QED) is 0.836. The maximum atomic E-state index is 13.0. The Balaban J connectivity index is 2.68. The first kappa shape index (κ1) is 11.1. The second kappa shape index (κ2) is 4.25. The van der Waals surface area contributed by atoms with Crippen molar-refractivity contribution in [1.82, 2.24) is 0 Å². The minimum absolute atomic E-state index is 0.0402. The Morgan fingerprint density at radius 3 is 2.41 bits per heavy atom. The summed E-state index contributed by atoms with van der Waals surface area (Å²) >= 11 is 0. The van der Waals surface area contributed by atoms with Gasteiger partial charge in [0.05, 0.1) is 5.56 Å². The number of hydrogen-bond donors (Lipinski definition) is 2. The lowest BCUT2D eigenvalue weighted by molar-refractivity contribution is 0.0697. The fraction of sp³-hybridized carbons (Fsp3) is 0. The van der Waals surface area contributed by atoms with Crippen molar-refractivity contribution in [2.24, 2.45) is 0 Å². The topological polar surface area (TPSA) is 57.5 Å². The van der Waals surface area contributed by atoms with Gasteiger partial charge in [0.1, 0.15) is 11.6 Å². The summed E-state index contributed by atoms with van der Waals surface area (Å²) < 4.78 is 13.0. The molecule has 0 amide bonds. The van der Waals surface area contributed by atoms with Gasteiger partial charge in [-0.15, -0.1) is 0 Å². The molecule has 2 rings (SSSR count). The molecule has 0 spiro atoms. The predicted octanol–water partition coefficient (Wildman–Crippen LogP) is 2.90.